The van der Waals surface area contributed by atoms with Gasteiger partial charge in [0.25, 0.3) is 0 Å². The molecule has 0 aliphatic rings. The number of halogens is 2. The van der Waals surface area contributed by atoms with Crippen LogP contribution in [0, 0.1) is 0 Å². The van der Waals surface area contributed by atoms with Crippen molar-refractivity contribution in [2.45, 2.75) is 4.90 Å². The van der Waals surface area contributed by atoms with E-state index in [-0.39, 0.29) is 17.2 Å². The monoisotopic (exact) mass is 419 g/mol. The first-order valence-corrected chi connectivity index (χ1v) is 9.87. The van der Waals surface area contributed by atoms with E-state index in [9.17, 15) is 16.8 Å². The Kier molecular flexibility index (Phi) is 5.36. The molecule has 1 aromatic rings. The lowest BCUT2D eigenvalue weighted by molar-refractivity contribution is 0.581. The van der Waals surface area contributed by atoms with E-state index in [4.69, 9.17) is 0 Å². The van der Waals surface area contributed by atoms with Gasteiger partial charge in [-0.3, -0.25) is 0 Å². The fourth-order valence-electron chi connectivity index (χ4n) is 1.12. The molecule has 0 saturated carbocycles. The normalized spacial score (nSPS) is 12.6. The quantitative estimate of drug-likeness (QED) is 0.783. The third kappa shape index (κ3) is 4.96. The largest absolute Gasteiger partial charge is 0.241 e. The van der Waals surface area contributed by atoms with Crippen molar-refractivity contribution < 1.29 is 16.8 Å². The highest BCUT2D eigenvalue weighted by molar-refractivity contribution is 9.11. The standard InChI is InChI=1S/C9H11Br2NO4S2/c1-17(13,14)5-4-12-18(15,16)9-6-7(10)2-3-8(9)11/h2-3,6,12H,4-5H2,1H3. The van der Waals surface area contributed by atoms with Gasteiger partial charge in [0.15, 0.2) is 0 Å². The van der Waals surface area contributed by atoms with Gasteiger partial charge < -0.3 is 0 Å². The van der Waals surface area contributed by atoms with E-state index >= 15 is 0 Å². The van der Waals surface area contributed by atoms with Gasteiger partial charge in [0, 0.05) is 21.7 Å². The first-order chi connectivity index (χ1) is 8.12. The minimum Gasteiger partial charge on any atom is -0.229 e. The van der Waals surface area contributed by atoms with Crippen LogP contribution in [0.2, 0.25) is 0 Å². The number of rotatable bonds is 5. The number of benzene rings is 1. The Bertz CT molecular complexity index is 641. The highest BCUT2D eigenvalue weighted by atomic mass is 79.9. The molecule has 1 aromatic carbocycles. The Morgan fingerprint density at radius 1 is 1.17 bits per heavy atom. The SMILES string of the molecule is CS(=O)(=O)CCNS(=O)(=O)c1cc(Br)ccc1Br. The molecule has 1 N–H and O–H groups in total. The van der Waals surface area contributed by atoms with E-state index in [0.29, 0.717) is 8.95 Å². The summed E-state index contributed by atoms with van der Waals surface area (Å²) >= 11 is 6.32. The molecule has 0 atom stereocenters. The van der Waals surface area contributed by atoms with E-state index in [1.54, 1.807) is 12.1 Å². The topological polar surface area (TPSA) is 80.3 Å². The van der Waals surface area contributed by atoms with Gasteiger partial charge in [-0.15, -0.1) is 0 Å². The Morgan fingerprint density at radius 2 is 1.78 bits per heavy atom. The second kappa shape index (κ2) is 6.00. The van der Waals surface area contributed by atoms with Gasteiger partial charge in [-0.05, 0) is 34.1 Å². The summed E-state index contributed by atoms with van der Waals surface area (Å²) in [5.41, 5.74) is 0. The van der Waals surface area contributed by atoms with Crippen LogP contribution in [-0.2, 0) is 19.9 Å². The molecule has 1 rings (SSSR count). The summed E-state index contributed by atoms with van der Waals surface area (Å²) in [5, 5.41) is 0. The van der Waals surface area contributed by atoms with Gasteiger partial charge in [0.1, 0.15) is 9.84 Å². The minimum absolute atomic E-state index is 0.0605. The molecule has 0 unspecified atom stereocenters. The first kappa shape index (κ1) is 16.1. The molecule has 0 amide bonds. The Balaban J connectivity index is 2.90. The maximum Gasteiger partial charge on any atom is 0.241 e. The summed E-state index contributed by atoms with van der Waals surface area (Å²) in [4.78, 5) is 0.0605. The van der Waals surface area contributed by atoms with Crippen LogP contribution in [0.1, 0.15) is 0 Å². The third-order valence-corrected chi connectivity index (χ3v) is 5.84. The van der Waals surface area contributed by atoms with Crippen molar-refractivity contribution in [3.63, 3.8) is 0 Å². The Hall–Kier alpha value is 0.0400. The molecule has 102 valence electrons. The highest BCUT2D eigenvalue weighted by Gasteiger charge is 2.18. The molecule has 0 aromatic heterocycles. The van der Waals surface area contributed by atoms with E-state index in [0.717, 1.165) is 6.26 Å². The number of sulfone groups is 1. The van der Waals surface area contributed by atoms with Crippen molar-refractivity contribution in [1.29, 1.82) is 0 Å². The zero-order valence-electron chi connectivity index (χ0n) is 9.35. The van der Waals surface area contributed by atoms with Crippen molar-refractivity contribution in [1.82, 2.24) is 4.72 Å². The fraction of sp³-hybridized carbons (Fsp3) is 0.333. The van der Waals surface area contributed by atoms with Crippen LogP contribution in [0.4, 0.5) is 0 Å². The van der Waals surface area contributed by atoms with Crippen LogP contribution >= 0.6 is 31.9 Å². The number of hydrogen-bond acceptors (Lipinski definition) is 4. The smallest absolute Gasteiger partial charge is 0.229 e. The summed E-state index contributed by atoms with van der Waals surface area (Å²) in [6.07, 6.45) is 1.05. The molecule has 0 saturated heterocycles. The zero-order chi connectivity index (χ0) is 14.0. The lowest BCUT2D eigenvalue weighted by Crippen LogP contribution is -2.29. The molecule has 0 aliphatic heterocycles. The van der Waals surface area contributed by atoms with Crippen molar-refractivity contribution in [3.05, 3.63) is 27.1 Å². The molecule has 0 spiro atoms. The van der Waals surface area contributed by atoms with Crippen molar-refractivity contribution in [2.75, 3.05) is 18.6 Å². The summed E-state index contributed by atoms with van der Waals surface area (Å²) < 4.78 is 49.0. The van der Waals surface area contributed by atoms with Crippen LogP contribution in [0.5, 0.6) is 0 Å². The molecule has 5 nitrogen and oxygen atoms in total. The molecule has 0 heterocycles. The van der Waals surface area contributed by atoms with Crippen LogP contribution in [0.15, 0.2) is 32.0 Å². The molecular weight excluding hydrogens is 410 g/mol. The first-order valence-electron chi connectivity index (χ1n) is 4.74. The van der Waals surface area contributed by atoms with Gasteiger partial charge in [-0.25, -0.2) is 21.6 Å². The number of hydrogen-bond donors (Lipinski definition) is 1. The van der Waals surface area contributed by atoms with E-state index in [1.165, 1.54) is 6.07 Å². The molecule has 9 heteroatoms. The molecular formula is C9H11Br2NO4S2. The predicted molar refractivity (Wildman–Crippen MR) is 76.7 cm³/mol. The van der Waals surface area contributed by atoms with Crippen LogP contribution in [-0.4, -0.2) is 35.4 Å². The third-order valence-electron chi connectivity index (χ3n) is 1.95. The molecule has 0 bridgehead atoms. The van der Waals surface area contributed by atoms with Crippen molar-refractivity contribution in [2.24, 2.45) is 0 Å². The van der Waals surface area contributed by atoms with Gasteiger partial charge in [-0.2, -0.15) is 0 Å². The molecule has 18 heavy (non-hydrogen) atoms. The van der Waals surface area contributed by atoms with Crippen molar-refractivity contribution in [3.8, 4) is 0 Å². The Morgan fingerprint density at radius 3 is 2.33 bits per heavy atom. The average molecular weight is 421 g/mol. The predicted octanol–water partition coefficient (Wildman–Crippen LogP) is 1.53. The summed E-state index contributed by atoms with van der Waals surface area (Å²) in [6.45, 7) is -0.153. The molecule has 0 aliphatic carbocycles. The molecule has 0 fully saturated rings. The number of nitrogens with one attached hydrogen (secondary N) is 1. The summed E-state index contributed by atoms with van der Waals surface area (Å²) in [5.74, 6) is -0.238. The van der Waals surface area contributed by atoms with Crippen molar-refractivity contribution >= 4 is 51.7 Å². The zero-order valence-corrected chi connectivity index (χ0v) is 14.2. The van der Waals surface area contributed by atoms with Gasteiger partial charge in [0.05, 0.1) is 10.6 Å². The van der Waals surface area contributed by atoms with E-state index in [2.05, 4.69) is 36.6 Å². The number of sulfonamides is 1. The summed E-state index contributed by atoms with van der Waals surface area (Å²) in [6, 6.07) is 4.72. The maximum atomic E-state index is 11.9. The minimum atomic E-state index is -3.73. The fourth-order valence-corrected chi connectivity index (χ4v) is 4.26. The second-order valence-electron chi connectivity index (χ2n) is 3.60. The lowest BCUT2D eigenvalue weighted by atomic mass is 10.4. The van der Waals surface area contributed by atoms with Gasteiger partial charge in [0.2, 0.25) is 10.0 Å². The van der Waals surface area contributed by atoms with Crippen LogP contribution in [0.3, 0.4) is 0 Å². The van der Waals surface area contributed by atoms with Gasteiger partial charge >= 0.3 is 0 Å². The van der Waals surface area contributed by atoms with E-state index < -0.39 is 19.9 Å². The summed E-state index contributed by atoms with van der Waals surface area (Å²) in [7, 11) is -6.92. The lowest BCUT2D eigenvalue weighted by Gasteiger charge is -2.08. The molecule has 0 radical (unpaired) electrons. The second-order valence-corrected chi connectivity index (χ2v) is 9.37. The van der Waals surface area contributed by atoms with E-state index in [1.807, 2.05) is 0 Å². The average Bonchev–Trinajstić information content (AvgIpc) is 2.19. The Labute approximate surface area is 123 Å². The maximum absolute atomic E-state index is 11.9. The van der Waals surface area contributed by atoms with Crippen LogP contribution in [0.25, 0.3) is 0 Å². The highest BCUT2D eigenvalue weighted by Crippen LogP contribution is 2.25. The van der Waals surface area contributed by atoms with Crippen LogP contribution < -0.4 is 4.72 Å². The van der Waals surface area contributed by atoms with Gasteiger partial charge in [-0.1, -0.05) is 15.9 Å².